The van der Waals surface area contributed by atoms with Crippen LogP contribution in [-0.2, 0) is 0 Å². The second-order valence-electron chi connectivity index (χ2n) is 8.40. The molecule has 0 spiro atoms. The average Bonchev–Trinajstić information content (AvgIpc) is 3.14. The molecule has 172 valence electrons. The lowest BCUT2D eigenvalue weighted by Gasteiger charge is -2.24. The first kappa shape index (κ1) is 22.4. The van der Waals surface area contributed by atoms with Crippen LogP contribution in [-0.4, -0.2) is 60.8 Å². The molecule has 0 fully saturated rings. The SMILES string of the molecule is COc1cc(N(C)CCN(C)C)c(N)cc1Nc1nccc(-n2cc(C)c3ccccc32)n1. The van der Waals surface area contributed by atoms with Crippen molar-refractivity contribution in [1.82, 2.24) is 19.4 Å². The number of nitrogens with zero attached hydrogens (tertiary/aromatic N) is 5. The summed E-state index contributed by atoms with van der Waals surface area (Å²) in [5.74, 6) is 1.92. The van der Waals surface area contributed by atoms with Gasteiger partial charge in [0.15, 0.2) is 0 Å². The highest BCUT2D eigenvalue weighted by Crippen LogP contribution is 2.36. The van der Waals surface area contributed by atoms with Crippen molar-refractivity contribution in [2.24, 2.45) is 0 Å². The molecule has 0 bridgehead atoms. The van der Waals surface area contributed by atoms with Gasteiger partial charge in [-0.3, -0.25) is 0 Å². The first-order chi connectivity index (χ1) is 15.9. The summed E-state index contributed by atoms with van der Waals surface area (Å²) in [5, 5.41) is 4.48. The molecular weight excluding hydrogens is 414 g/mol. The summed E-state index contributed by atoms with van der Waals surface area (Å²) in [6, 6.07) is 14.0. The Hall–Kier alpha value is -3.78. The van der Waals surface area contributed by atoms with Gasteiger partial charge in [-0.05, 0) is 44.8 Å². The normalized spacial score (nSPS) is 11.2. The lowest BCUT2D eigenvalue weighted by atomic mass is 10.2. The number of para-hydroxylation sites is 1. The zero-order chi connectivity index (χ0) is 23.5. The van der Waals surface area contributed by atoms with Crippen LogP contribution in [0.4, 0.5) is 23.0 Å². The van der Waals surface area contributed by atoms with E-state index in [1.54, 1.807) is 13.3 Å². The van der Waals surface area contributed by atoms with Crippen molar-refractivity contribution in [3.8, 4) is 11.6 Å². The van der Waals surface area contributed by atoms with Crippen LogP contribution in [0.25, 0.3) is 16.7 Å². The van der Waals surface area contributed by atoms with Gasteiger partial charge in [0.2, 0.25) is 5.95 Å². The van der Waals surface area contributed by atoms with Gasteiger partial charge in [-0.1, -0.05) is 18.2 Å². The number of hydrogen-bond donors (Lipinski definition) is 2. The van der Waals surface area contributed by atoms with Gasteiger partial charge in [0, 0.05) is 44.0 Å². The van der Waals surface area contributed by atoms with Crippen molar-refractivity contribution < 1.29 is 4.74 Å². The minimum Gasteiger partial charge on any atom is -0.494 e. The van der Waals surface area contributed by atoms with E-state index in [-0.39, 0.29) is 0 Å². The standard InChI is InChI=1S/C25H31N7O/c1-17-16-32(21-9-7-6-8-18(17)21)24-10-11-27-25(29-24)28-20-14-19(26)22(15-23(20)33-5)31(4)13-12-30(2)3/h6-11,14-16H,12-13,26H2,1-5H3,(H,27,28,29). The van der Waals surface area contributed by atoms with Crippen LogP contribution in [0.15, 0.2) is 54.9 Å². The molecule has 4 rings (SSSR count). The number of aromatic nitrogens is 3. The van der Waals surface area contributed by atoms with E-state index in [1.165, 1.54) is 10.9 Å². The van der Waals surface area contributed by atoms with E-state index >= 15 is 0 Å². The first-order valence-electron chi connectivity index (χ1n) is 10.9. The number of nitrogens with one attached hydrogen (secondary N) is 1. The molecule has 0 saturated heterocycles. The van der Waals surface area contributed by atoms with Gasteiger partial charge < -0.3 is 30.2 Å². The van der Waals surface area contributed by atoms with Crippen LogP contribution in [0, 0.1) is 6.92 Å². The highest BCUT2D eigenvalue weighted by molar-refractivity contribution is 5.85. The van der Waals surface area contributed by atoms with Gasteiger partial charge in [0.25, 0.3) is 0 Å². The van der Waals surface area contributed by atoms with E-state index in [2.05, 4.69) is 64.0 Å². The zero-order valence-corrected chi connectivity index (χ0v) is 19.8. The van der Waals surface area contributed by atoms with Gasteiger partial charge in [0.05, 0.1) is 29.7 Å². The Balaban J connectivity index is 1.63. The molecule has 2 aromatic carbocycles. The Kier molecular flexibility index (Phi) is 6.37. The molecule has 0 radical (unpaired) electrons. The fraction of sp³-hybridized carbons (Fsp3) is 0.280. The third-order valence-electron chi connectivity index (χ3n) is 5.69. The maximum atomic E-state index is 6.40. The van der Waals surface area contributed by atoms with Crippen LogP contribution in [0.1, 0.15) is 5.56 Å². The first-order valence-corrected chi connectivity index (χ1v) is 10.9. The topological polar surface area (TPSA) is 84.5 Å². The van der Waals surface area contributed by atoms with Crippen molar-refractivity contribution in [2.45, 2.75) is 6.92 Å². The third-order valence-corrected chi connectivity index (χ3v) is 5.69. The van der Waals surface area contributed by atoms with Crippen molar-refractivity contribution in [1.29, 1.82) is 0 Å². The smallest absolute Gasteiger partial charge is 0.229 e. The Morgan fingerprint density at radius 2 is 1.88 bits per heavy atom. The van der Waals surface area contributed by atoms with E-state index < -0.39 is 0 Å². The van der Waals surface area contributed by atoms with Crippen LogP contribution in [0.5, 0.6) is 5.75 Å². The molecule has 0 unspecified atom stereocenters. The molecule has 4 aromatic rings. The molecule has 0 aliphatic rings. The average molecular weight is 446 g/mol. The fourth-order valence-electron chi connectivity index (χ4n) is 3.86. The van der Waals surface area contributed by atoms with Crippen molar-refractivity contribution in [3.63, 3.8) is 0 Å². The fourth-order valence-corrected chi connectivity index (χ4v) is 3.86. The Labute approximate surface area is 194 Å². The maximum Gasteiger partial charge on any atom is 0.229 e. The Bertz CT molecular complexity index is 1270. The molecule has 3 N–H and O–H groups in total. The zero-order valence-electron chi connectivity index (χ0n) is 19.8. The molecule has 2 heterocycles. The predicted octanol–water partition coefficient (Wildman–Crippen LogP) is 4.06. The quantitative estimate of drug-likeness (QED) is 0.396. The van der Waals surface area contributed by atoms with E-state index in [0.717, 1.165) is 30.1 Å². The third kappa shape index (κ3) is 4.70. The summed E-state index contributed by atoms with van der Waals surface area (Å²) in [6.45, 7) is 3.87. The molecule has 0 atom stereocenters. The summed E-state index contributed by atoms with van der Waals surface area (Å²) in [7, 11) is 7.78. The van der Waals surface area contributed by atoms with E-state index in [1.807, 2.05) is 37.4 Å². The number of ether oxygens (including phenoxy) is 1. The number of nitrogen functional groups attached to an aromatic ring is 1. The summed E-state index contributed by atoms with van der Waals surface area (Å²) in [4.78, 5) is 13.4. The highest BCUT2D eigenvalue weighted by Gasteiger charge is 2.14. The number of likely N-dealkylation sites (N-methyl/N-ethyl adjacent to an activating group) is 2. The monoisotopic (exact) mass is 445 g/mol. The second-order valence-corrected chi connectivity index (χ2v) is 8.40. The number of methoxy groups -OCH3 is 1. The molecule has 2 aromatic heterocycles. The van der Waals surface area contributed by atoms with Gasteiger partial charge in [-0.25, -0.2) is 4.98 Å². The van der Waals surface area contributed by atoms with Crippen LogP contribution in [0.3, 0.4) is 0 Å². The van der Waals surface area contributed by atoms with E-state index in [0.29, 0.717) is 23.1 Å². The number of benzene rings is 2. The molecule has 8 nitrogen and oxygen atoms in total. The molecule has 0 amide bonds. The molecule has 8 heteroatoms. The van der Waals surface area contributed by atoms with Gasteiger partial charge in [-0.2, -0.15) is 4.98 Å². The molecule has 33 heavy (non-hydrogen) atoms. The van der Waals surface area contributed by atoms with Crippen LogP contribution < -0.4 is 20.7 Å². The van der Waals surface area contributed by atoms with Crippen molar-refractivity contribution >= 4 is 33.9 Å². The van der Waals surface area contributed by atoms with Crippen LogP contribution in [0.2, 0.25) is 0 Å². The molecular formula is C25H31N7O. The lowest BCUT2D eigenvalue weighted by Crippen LogP contribution is -2.29. The summed E-state index contributed by atoms with van der Waals surface area (Å²) < 4.78 is 7.72. The summed E-state index contributed by atoms with van der Waals surface area (Å²) in [6.07, 6.45) is 3.84. The minimum atomic E-state index is 0.467. The number of nitrogens with two attached hydrogens (primary N) is 1. The summed E-state index contributed by atoms with van der Waals surface area (Å²) in [5.41, 5.74) is 11.0. The minimum absolute atomic E-state index is 0.467. The highest BCUT2D eigenvalue weighted by atomic mass is 16.5. The maximum absolute atomic E-state index is 6.40. The van der Waals surface area contributed by atoms with Crippen LogP contribution >= 0.6 is 0 Å². The van der Waals surface area contributed by atoms with Gasteiger partial charge in [0.1, 0.15) is 11.6 Å². The van der Waals surface area contributed by atoms with Crippen molar-refractivity contribution in [3.05, 3.63) is 60.4 Å². The van der Waals surface area contributed by atoms with Gasteiger partial charge in [-0.15, -0.1) is 0 Å². The Morgan fingerprint density at radius 3 is 2.64 bits per heavy atom. The molecule has 0 saturated carbocycles. The number of rotatable bonds is 8. The number of aryl methyl sites for hydroxylation is 1. The predicted molar refractivity (Wildman–Crippen MR) is 136 cm³/mol. The van der Waals surface area contributed by atoms with E-state index in [9.17, 15) is 0 Å². The largest absolute Gasteiger partial charge is 0.494 e. The summed E-state index contributed by atoms with van der Waals surface area (Å²) >= 11 is 0. The number of hydrogen-bond acceptors (Lipinski definition) is 7. The molecule has 0 aliphatic heterocycles. The number of anilines is 4. The lowest BCUT2D eigenvalue weighted by molar-refractivity contribution is 0.413. The molecule has 0 aliphatic carbocycles. The number of fused-ring (bicyclic) bond motifs is 1. The second kappa shape index (κ2) is 9.38. The van der Waals surface area contributed by atoms with Crippen molar-refractivity contribution in [2.75, 3.05) is 57.3 Å². The van der Waals surface area contributed by atoms with E-state index in [4.69, 9.17) is 15.5 Å². The Morgan fingerprint density at radius 1 is 1.09 bits per heavy atom. The van der Waals surface area contributed by atoms with Gasteiger partial charge >= 0.3 is 0 Å².